The van der Waals surface area contributed by atoms with Crippen molar-refractivity contribution >= 4 is 26.7 Å². The summed E-state index contributed by atoms with van der Waals surface area (Å²) in [6.07, 6.45) is 8.88. The van der Waals surface area contributed by atoms with E-state index < -0.39 is 21.5 Å². The van der Waals surface area contributed by atoms with E-state index >= 15 is 0 Å². The van der Waals surface area contributed by atoms with E-state index in [0.717, 1.165) is 11.8 Å². The summed E-state index contributed by atoms with van der Waals surface area (Å²) in [5.74, 6) is -1.60. The quantitative estimate of drug-likeness (QED) is 0.443. The molecule has 0 aliphatic heterocycles. The van der Waals surface area contributed by atoms with Crippen molar-refractivity contribution in [3.05, 3.63) is 78.8 Å². The third-order valence-corrected chi connectivity index (χ3v) is 7.13. The van der Waals surface area contributed by atoms with E-state index in [1.807, 2.05) is 18.2 Å². The van der Waals surface area contributed by atoms with Crippen LogP contribution in [0.1, 0.15) is 6.92 Å². The highest BCUT2D eigenvalue weighted by Crippen LogP contribution is 2.34. The van der Waals surface area contributed by atoms with Crippen LogP contribution in [0.25, 0.3) is 39.1 Å². The zero-order chi connectivity index (χ0) is 22.5. The number of imidazole rings is 1. The third-order valence-electron chi connectivity index (χ3n) is 5.40. The van der Waals surface area contributed by atoms with Crippen molar-refractivity contribution in [1.82, 2.24) is 19.7 Å². The smallest absolute Gasteiger partial charge is 0.187 e. The molecular formula is C23H16F2N4O2S. The molecule has 2 aromatic carbocycles. The van der Waals surface area contributed by atoms with Gasteiger partial charge in [-0.2, -0.15) is 5.10 Å². The summed E-state index contributed by atoms with van der Waals surface area (Å²) in [7, 11) is -3.58. The molecule has 0 atom stereocenters. The molecule has 0 saturated heterocycles. The fraction of sp³-hybridized carbons (Fsp3) is 0.0870. The van der Waals surface area contributed by atoms with Crippen molar-refractivity contribution < 1.29 is 17.2 Å². The average Bonchev–Trinajstić information content (AvgIpc) is 3.17. The fourth-order valence-corrected chi connectivity index (χ4v) is 4.44. The highest BCUT2D eigenvalue weighted by molar-refractivity contribution is 7.91. The lowest BCUT2D eigenvalue weighted by Crippen LogP contribution is -2.04. The SMILES string of the molecule is CCS(=O)(=O)c1ccc(-c2cc(-c3cnnc4c3ncn4C3=CC=C3)ccc2F)c(F)c1. The first-order chi connectivity index (χ1) is 15.4. The molecule has 0 N–H and O–H groups in total. The van der Waals surface area contributed by atoms with E-state index in [2.05, 4.69) is 15.2 Å². The van der Waals surface area contributed by atoms with Crippen LogP contribution in [0.5, 0.6) is 0 Å². The second-order valence-corrected chi connectivity index (χ2v) is 9.51. The Labute approximate surface area is 182 Å². The Balaban J connectivity index is 1.62. The first-order valence-corrected chi connectivity index (χ1v) is 11.4. The van der Waals surface area contributed by atoms with E-state index in [1.165, 1.54) is 37.4 Å². The van der Waals surface area contributed by atoms with Crippen LogP contribution >= 0.6 is 0 Å². The second kappa shape index (κ2) is 7.45. The number of sulfone groups is 1. The number of benzene rings is 2. The van der Waals surface area contributed by atoms with Crippen LogP contribution in [0, 0.1) is 11.6 Å². The highest BCUT2D eigenvalue weighted by atomic mass is 32.2. The minimum Gasteiger partial charge on any atom is -0.282 e. The lowest BCUT2D eigenvalue weighted by Gasteiger charge is -2.11. The number of nitrogens with zero attached hydrogens (tertiary/aromatic N) is 4. The Kier molecular flexibility index (Phi) is 4.70. The normalized spacial score (nSPS) is 13.3. The Hall–Kier alpha value is -3.72. The molecule has 9 heteroatoms. The van der Waals surface area contributed by atoms with Gasteiger partial charge >= 0.3 is 0 Å². The predicted octanol–water partition coefficient (Wildman–Crippen LogP) is 4.64. The summed E-state index contributed by atoms with van der Waals surface area (Å²) in [5.41, 5.74) is 3.21. The van der Waals surface area contributed by atoms with Crippen molar-refractivity contribution in [2.45, 2.75) is 11.8 Å². The average molecular weight is 450 g/mol. The minimum atomic E-state index is -3.58. The Morgan fingerprint density at radius 3 is 2.50 bits per heavy atom. The van der Waals surface area contributed by atoms with Crippen LogP contribution in [0.4, 0.5) is 8.78 Å². The van der Waals surface area contributed by atoms with E-state index in [9.17, 15) is 17.2 Å². The van der Waals surface area contributed by atoms with Crippen LogP contribution in [0.3, 0.4) is 0 Å². The monoisotopic (exact) mass is 450 g/mol. The van der Waals surface area contributed by atoms with Crippen molar-refractivity contribution in [3.8, 4) is 22.3 Å². The number of hydrogen-bond acceptors (Lipinski definition) is 5. The molecule has 4 aromatic rings. The molecule has 0 spiro atoms. The fourth-order valence-electron chi connectivity index (χ4n) is 3.55. The molecule has 0 bridgehead atoms. The van der Waals surface area contributed by atoms with Gasteiger partial charge in [-0.1, -0.05) is 25.1 Å². The predicted molar refractivity (Wildman–Crippen MR) is 117 cm³/mol. The number of allylic oxidation sites excluding steroid dienone is 4. The molecule has 0 fully saturated rings. The Bertz CT molecular complexity index is 1560. The number of aromatic nitrogens is 4. The van der Waals surface area contributed by atoms with Gasteiger partial charge in [0.1, 0.15) is 23.5 Å². The van der Waals surface area contributed by atoms with Gasteiger partial charge in [-0.05, 0) is 42.0 Å². The molecule has 2 aromatic heterocycles. The molecule has 0 radical (unpaired) electrons. The summed E-state index contributed by atoms with van der Waals surface area (Å²) < 4.78 is 55.4. The summed E-state index contributed by atoms with van der Waals surface area (Å²) >= 11 is 0. The van der Waals surface area contributed by atoms with Crippen LogP contribution in [0.2, 0.25) is 0 Å². The van der Waals surface area contributed by atoms with Crippen LogP contribution in [-0.4, -0.2) is 33.9 Å². The molecule has 0 unspecified atom stereocenters. The number of rotatable bonds is 5. The van der Waals surface area contributed by atoms with Gasteiger partial charge in [-0.25, -0.2) is 22.2 Å². The molecule has 2 heterocycles. The number of hydrogen-bond donors (Lipinski definition) is 0. The van der Waals surface area contributed by atoms with Crippen molar-refractivity contribution in [3.63, 3.8) is 0 Å². The minimum absolute atomic E-state index is 0.00877. The Morgan fingerprint density at radius 2 is 1.81 bits per heavy atom. The molecular weight excluding hydrogens is 434 g/mol. The zero-order valence-electron chi connectivity index (χ0n) is 16.8. The Morgan fingerprint density at radius 1 is 1.00 bits per heavy atom. The summed E-state index contributed by atoms with van der Waals surface area (Å²) in [6.45, 7) is 1.48. The van der Waals surface area contributed by atoms with Gasteiger partial charge in [-0.15, -0.1) is 5.10 Å². The second-order valence-electron chi connectivity index (χ2n) is 7.24. The van der Waals surface area contributed by atoms with E-state index in [1.54, 1.807) is 17.0 Å². The van der Waals surface area contributed by atoms with Gasteiger partial charge in [0, 0.05) is 22.4 Å². The molecule has 0 saturated carbocycles. The molecule has 6 nitrogen and oxygen atoms in total. The molecule has 1 aliphatic carbocycles. The van der Waals surface area contributed by atoms with Gasteiger partial charge in [0.25, 0.3) is 0 Å². The molecule has 1 aliphatic rings. The topological polar surface area (TPSA) is 77.7 Å². The summed E-state index contributed by atoms with van der Waals surface area (Å²) in [5, 5.41) is 8.22. The first-order valence-electron chi connectivity index (χ1n) is 9.79. The van der Waals surface area contributed by atoms with Crippen molar-refractivity contribution in [1.29, 1.82) is 0 Å². The maximum absolute atomic E-state index is 14.8. The standard InChI is InChI=1S/C23H16F2N4O2S/c1-2-32(30,31)16-7-8-17(21(25)11-16)18-10-14(6-9-20(18)24)19-12-27-28-23-22(19)26-13-29(23)15-4-3-5-15/h3-13H,2H2,1H3. The zero-order valence-corrected chi connectivity index (χ0v) is 17.6. The van der Waals surface area contributed by atoms with E-state index in [-0.39, 0.29) is 21.8 Å². The largest absolute Gasteiger partial charge is 0.282 e. The summed E-state index contributed by atoms with van der Waals surface area (Å²) in [6, 6.07) is 7.79. The van der Waals surface area contributed by atoms with Gasteiger partial charge in [-0.3, -0.25) is 4.57 Å². The molecule has 5 rings (SSSR count). The van der Waals surface area contributed by atoms with E-state index in [4.69, 9.17) is 0 Å². The van der Waals surface area contributed by atoms with Crippen molar-refractivity contribution in [2.75, 3.05) is 5.75 Å². The van der Waals surface area contributed by atoms with Crippen LogP contribution in [-0.2, 0) is 9.84 Å². The lowest BCUT2D eigenvalue weighted by atomic mass is 9.98. The number of fused-ring (bicyclic) bond motifs is 1. The van der Waals surface area contributed by atoms with Gasteiger partial charge < -0.3 is 0 Å². The highest BCUT2D eigenvalue weighted by Gasteiger charge is 2.19. The van der Waals surface area contributed by atoms with Crippen molar-refractivity contribution in [2.24, 2.45) is 0 Å². The first kappa shape index (κ1) is 20.2. The third kappa shape index (κ3) is 3.21. The molecule has 0 amide bonds. The maximum atomic E-state index is 14.8. The van der Waals surface area contributed by atoms with Gasteiger partial charge in [0.15, 0.2) is 15.5 Å². The van der Waals surface area contributed by atoms with Gasteiger partial charge in [0.05, 0.1) is 16.8 Å². The summed E-state index contributed by atoms with van der Waals surface area (Å²) in [4.78, 5) is 4.30. The van der Waals surface area contributed by atoms with Crippen LogP contribution < -0.4 is 0 Å². The van der Waals surface area contributed by atoms with Crippen LogP contribution in [0.15, 0.2) is 72.0 Å². The van der Waals surface area contributed by atoms with E-state index in [0.29, 0.717) is 22.3 Å². The van der Waals surface area contributed by atoms with Gasteiger partial charge in [0.2, 0.25) is 0 Å². The maximum Gasteiger partial charge on any atom is 0.187 e. The molecule has 32 heavy (non-hydrogen) atoms. The molecule has 160 valence electrons. The lowest BCUT2D eigenvalue weighted by molar-refractivity contribution is 0.592. The number of halogens is 2.